The minimum atomic E-state index is -0.565. The summed E-state index contributed by atoms with van der Waals surface area (Å²) in [6.07, 6.45) is 1.34. The van der Waals surface area contributed by atoms with Gasteiger partial charge in [0.1, 0.15) is 0 Å². The van der Waals surface area contributed by atoms with Crippen molar-refractivity contribution >= 4 is 7.26 Å². The summed E-state index contributed by atoms with van der Waals surface area (Å²) in [6, 6.07) is 0. The van der Waals surface area contributed by atoms with Crippen LogP contribution >= 0.6 is 7.26 Å². The Labute approximate surface area is 60.0 Å². The number of rotatable bonds is 2. The highest BCUT2D eigenvalue weighted by molar-refractivity contribution is 7.73. The minimum absolute atomic E-state index is 0.565. The molecule has 0 heterocycles. The molecule has 0 bridgehead atoms. The van der Waals surface area contributed by atoms with Gasteiger partial charge >= 0.3 is 0 Å². The minimum Gasteiger partial charge on any atom is -0.300 e. The zero-order valence-corrected chi connectivity index (χ0v) is 8.50. The van der Waals surface area contributed by atoms with E-state index in [0.717, 1.165) is 4.48 Å². The molecule has 0 aliphatic carbocycles. The van der Waals surface area contributed by atoms with Crippen LogP contribution in [0.25, 0.3) is 0 Å². The van der Waals surface area contributed by atoms with Gasteiger partial charge in [-0.15, -0.1) is 0 Å². The van der Waals surface area contributed by atoms with Gasteiger partial charge in [0.25, 0.3) is 0 Å². The third kappa shape index (κ3) is 8.39. The van der Waals surface area contributed by atoms with E-state index >= 15 is 0 Å². The van der Waals surface area contributed by atoms with Crippen LogP contribution in [0.2, 0.25) is 0 Å². The van der Waals surface area contributed by atoms with Crippen molar-refractivity contribution in [1.82, 2.24) is 0 Å². The molecule has 0 spiro atoms. The molecule has 0 aromatic heterocycles. The molecule has 9 heavy (non-hydrogen) atoms. The van der Waals surface area contributed by atoms with Gasteiger partial charge in [-0.2, -0.15) is 0 Å². The van der Waals surface area contributed by atoms with Gasteiger partial charge < -0.3 is 4.48 Å². The molecule has 0 radical (unpaired) electrons. The summed E-state index contributed by atoms with van der Waals surface area (Å²) in [6.45, 7) is 7.16. The van der Waals surface area contributed by atoms with Crippen LogP contribution in [0.1, 0.15) is 0 Å². The molecule has 0 aliphatic heterocycles. The molecule has 0 saturated heterocycles. The van der Waals surface area contributed by atoms with Crippen molar-refractivity contribution in [2.45, 2.75) is 0 Å². The normalized spacial score (nSPS) is 14.0. The first kappa shape index (κ1) is 9.39. The molecule has 0 aromatic carbocycles. The maximum atomic E-state index is 2.39. The maximum Gasteiger partial charge on any atom is 0.179 e. The summed E-state index contributed by atoms with van der Waals surface area (Å²) in [5.41, 5.74) is 0. The highest BCUT2D eigenvalue weighted by atomic mass is 31.2. The monoisotopic (exact) mass is 149 g/mol. The van der Waals surface area contributed by atoms with Crippen molar-refractivity contribution in [3.05, 3.63) is 0 Å². The SMILES string of the molecule is C[N+](C)(C)C[P+](C)(C)C. The van der Waals surface area contributed by atoms with E-state index in [4.69, 9.17) is 0 Å². The zero-order chi connectivity index (χ0) is 7.71. The number of hydrogen-bond acceptors (Lipinski definition) is 0. The Morgan fingerprint density at radius 1 is 1.00 bits per heavy atom. The summed E-state index contributed by atoms with van der Waals surface area (Å²) in [5, 5.41) is 0. The van der Waals surface area contributed by atoms with Gasteiger partial charge in [-0.05, 0) is 0 Å². The zero-order valence-electron chi connectivity index (χ0n) is 7.60. The van der Waals surface area contributed by atoms with Crippen LogP contribution in [0.4, 0.5) is 0 Å². The van der Waals surface area contributed by atoms with Crippen LogP contribution in [-0.2, 0) is 0 Å². The fourth-order valence-electron chi connectivity index (χ4n) is 1.27. The molecule has 0 amide bonds. The predicted molar refractivity (Wildman–Crippen MR) is 47.6 cm³/mol. The molecule has 0 unspecified atom stereocenters. The molecule has 0 atom stereocenters. The highest BCUT2D eigenvalue weighted by Gasteiger charge is 2.25. The lowest BCUT2D eigenvalue weighted by Gasteiger charge is -2.26. The first-order valence-electron chi connectivity index (χ1n) is 3.32. The van der Waals surface area contributed by atoms with Gasteiger partial charge in [0.05, 0.1) is 48.4 Å². The summed E-state index contributed by atoms with van der Waals surface area (Å²) in [4.78, 5) is 0. The standard InChI is InChI=1S/C7H20NP/c1-8(2,3)7-9(4,5)6/h7H2,1-6H3/q+2. The Balaban J connectivity index is 3.75. The Hall–Kier alpha value is 0.390. The summed E-state index contributed by atoms with van der Waals surface area (Å²) in [5.74, 6) is 0. The topological polar surface area (TPSA) is 0 Å². The Morgan fingerprint density at radius 2 is 1.33 bits per heavy atom. The van der Waals surface area contributed by atoms with Gasteiger partial charge in [-0.3, -0.25) is 0 Å². The van der Waals surface area contributed by atoms with E-state index in [1.807, 2.05) is 0 Å². The van der Waals surface area contributed by atoms with E-state index in [1.165, 1.54) is 6.29 Å². The second-order valence-corrected chi connectivity index (χ2v) is 9.59. The molecule has 0 aliphatic rings. The molecule has 0 aromatic rings. The largest absolute Gasteiger partial charge is 0.300 e. The van der Waals surface area contributed by atoms with Crippen LogP contribution in [0.5, 0.6) is 0 Å². The van der Waals surface area contributed by atoms with Crippen molar-refractivity contribution in [3.8, 4) is 0 Å². The van der Waals surface area contributed by atoms with Crippen LogP contribution in [0.15, 0.2) is 0 Å². The molecule has 2 heteroatoms. The quantitative estimate of drug-likeness (QED) is 0.413. The van der Waals surface area contributed by atoms with E-state index < -0.39 is 7.26 Å². The van der Waals surface area contributed by atoms with E-state index in [2.05, 4.69) is 41.1 Å². The number of hydrogen-bond donors (Lipinski definition) is 0. The third-order valence-electron chi connectivity index (χ3n) is 0.849. The van der Waals surface area contributed by atoms with Crippen molar-refractivity contribution in [3.63, 3.8) is 0 Å². The van der Waals surface area contributed by atoms with Gasteiger partial charge in [0.15, 0.2) is 6.29 Å². The molecular weight excluding hydrogens is 129 g/mol. The van der Waals surface area contributed by atoms with Crippen molar-refractivity contribution in [2.75, 3.05) is 47.4 Å². The molecular formula is C7H20NP+2. The van der Waals surface area contributed by atoms with Crippen LogP contribution in [0.3, 0.4) is 0 Å². The van der Waals surface area contributed by atoms with Crippen LogP contribution in [0, 0.1) is 0 Å². The van der Waals surface area contributed by atoms with Gasteiger partial charge in [0.2, 0.25) is 0 Å². The fraction of sp³-hybridized carbons (Fsp3) is 1.00. The number of quaternary nitrogens is 1. The molecule has 56 valence electrons. The van der Waals surface area contributed by atoms with Crippen LogP contribution in [-0.4, -0.2) is 51.9 Å². The smallest absolute Gasteiger partial charge is 0.179 e. The Morgan fingerprint density at radius 3 is 1.33 bits per heavy atom. The lowest BCUT2D eigenvalue weighted by molar-refractivity contribution is -0.858. The first-order chi connectivity index (χ1) is 3.71. The second-order valence-electron chi connectivity index (χ2n) is 4.72. The molecule has 0 N–H and O–H groups in total. The molecule has 1 nitrogen and oxygen atoms in total. The van der Waals surface area contributed by atoms with Crippen molar-refractivity contribution in [1.29, 1.82) is 0 Å². The summed E-state index contributed by atoms with van der Waals surface area (Å²) < 4.78 is 1.11. The average Bonchev–Trinajstić information content (AvgIpc) is 1.14. The Kier molecular flexibility index (Phi) is 2.67. The average molecular weight is 149 g/mol. The van der Waals surface area contributed by atoms with Crippen molar-refractivity contribution < 1.29 is 4.48 Å². The lowest BCUT2D eigenvalue weighted by atomic mass is 10.8. The van der Waals surface area contributed by atoms with Crippen molar-refractivity contribution in [2.24, 2.45) is 0 Å². The van der Waals surface area contributed by atoms with Gasteiger partial charge in [-0.25, -0.2) is 0 Å². The lowest BCUT2D eigenvalue weighted by Crippen LogP contribution is -2.35. The second kappa shape index (κ2) is 2.56. The fourth-order valence-corrected chi connectivity index (χ4v) is 3.82. The van der Waals surface area contributed by atoms with E-state index in [9.17, 15) is 0 Å². The van der Waals surface area contributed by atoms with E-state index in [0.29, 0.717) is 0 Å². The predicted octanol–water partition coefficient (Wildman–Crippen LogP) is 1.56. The molecule has 0 saturated carbocycles. The summed E-state index contributed by atoms with van der Waals surface area (Å²) >= 11 is 0. The van der Waals surface area contributed by atoms with Gasteiger partial charge in [-0.1, -0.05) is 0 Å². The summed E-state index contributed by atoms with van der Waals surface area (Å²) in [7, 11) is 6.20. The Bertz CT molecular complexity index is 74.1. The van der Waals surface area contributed by atoms with E-state index in [-0.39, 0.29) is 0 Å². The first-order valence-corrected chi connectivity index (χ1v) is 6.63. The third-order valence-corrected chi connectivity index (χ3v) is 2.55. The highest BCUT2D eigenvalue weighted by Crippen LogP contribution is 2.47. The maximum absolute atomic E-state index is 2.39. The number of nitrogens with zero attached hydrogens (tertiary/aromatic N) is 1. The van der Waals surface area contributed by atoms with Crippen LogP contribution < -0.4 is 0 Å². The molecule has 0 fully saturated rings. The van der Waals surface area contributed by atoms with Gasteiger partial charge in [0, 0.05) is 0 Å². The molecule has 0 rings (SSSR count). The van der Waals surface area contributed by atoms with E-state index in [1.54, 1.807) is 0 Å².